The molecule has 1 aliphatic heterocycles. The Balaban J connectivity index is 2.92. The number of nitrogens with one attached hydrogen (secondary N) is 4. The quantitative estimate of drug-likeness (QED) is 0.0544. The standard InChI is InChI=1S/C20H34N8O8/c21-14(29)9-13(28-16(32)10-3-1-7-24-10)18(34)26-11(5-6-15(30)31)17(33)27-12(19(35)36)4-2-8-25-20(22)23/h10-13,24H,1-9H2,(H2,21,29)(H,26,34)(H,27,33)(H,28,32)(H,30,31)(H,35,36)(H4,22,23,25). The molecule has 0 saturated carbocycles. The van der Waals surface area contributed by atoms with Crippen molar-refractivity contribution < 1.29 is 39.0 Å². The van der Waals surface area contributed by atoms with Crippen molar-refractivity contribution in [1.29, 1.82) is 0 Å². The summed E-state index contributed by atoms with van der Waals surface area (Å²) in [5, 5.41) is 28.3. The Morgan fingerprint density at radius 1 is 0.917 bits per heavy atom. The van der Waals surface area contributed by atoms with Crippen LogP contribution in [0.1, 0.15) is 44.9 Å². The maximum Gasteiger partial charge on any atom is 0.326 e. The van der Waals surface area contributed by atoms with Gasteiger partial charge in [0.2, 0.25) is 23.6 Å². The van der Waals surface area contributed by atoms with Crippen LogP contribution in [0.5, 0.6) is 0 Å². The van der Waals surface area contributed by atoms with Crippen LogP contribution < -0.4 is 38.5 Å². The second kappa shape index (κ2) is 15.1. The van der Waals surface area contributed by atoms with Gasteiger partial charge in [-0.3, -0.25) is 29.0 Å². The predicted octanol–water partition coefficient (Wildman–Crippen LogP) is -3.93. The number of carboxylic acid groups (broad SMARTS) is 2. The molecule has 4 atom stereocenters. The van der Waals surface area contributed by atoms with Crippen LogP contribution in [0.2, 0.25) is 0 Å². The van der Waals surface area contributed by atoms with Gasteiger partial charge in [-0.25, -0.2) is 4.79 Å². The molecule has 0 aromatic rings. The molecule has 1 rings (SSSR count). The molecule has 4 unspecified atom stereocenters. The van der Waals surface area contributed by atoms with Crippen molar-refractivity contribution in [2.75, 3.05) is 13.1 Å². The monoisotopic (exact) mass is 514 g/mol. The summed E-state index contributed by atoms with van der Waals surface area (Å²) in [5.41, 5.74) is 15.6. The van der Waals surface area contributed by atoms with Gasteiger partial charge in [-0.15, -0.1) is 0 Å². The zero-order valence-electron chi connectivity index (χ0n) is 19.7. The van der Waals surface area contributed by atoms with Gasteiger partial charge in [-0.05, 0) is 38.6 Å². The molecular formula is C20H34N8O8. The predicted molar refractivity (Wildman–Crippen MR) is 125 cm³/mol. The molecule has 0 aliphatic carbocycles. The lowest BCUT2D eigenvalue weighted by Gasteiger charge is -2.24. The van der Waals surface area contributed by atoms with E-state index in [0.717, 1.165) is 6.42 Å². The van der Waals surface area contributed by atoms with Crippen LogP contribution in [-0.2, 0) is 28.8 Å². The number of aliphatic carboxylic acids is 2. The van der Waals surface area contributed by atoms with E-state index in [4.69, 9.17) is 22.3 Å². The van der Waals surface area contributed by atoms with Gasteiger partial charge in [0, 0.05) is 13.0 Å². The number of rotatable bonds is 16. The van der Waals surface area contributed by atoms with Crippen molar-refractivity contribution in [3.63, 3.8) is 0 Å². The molecule has 16 heteroatoms. The first kappa shape index (κ1) is 30.1. The van der Waals surface area contributed by atoms with Crippen molar-refractivity contribution in [3.05, 3.63) is 0 Å². The second-order valence-corrected chi connectivity index (χ2v) is 8.22. The highest BCUT2D eigenvalue weighted by molar-refractivity contribution is 5.96. The topological polar surface area (TPSA) is 281 Å². The minimum absolute atomic E-state index is 0.0494. The van der Waals surface area contributed by atoms with Crippen LogP contribution in [0.4, 0.5) is 0 Å². The normalized spacial score (nSPS) is 17.2. The van der Waals surface area contributed by atoms with Crippen LogP contribution in [0, 0.1) is 0 Å². The first-order valence-corrected chi connectivity index (χ1v) is 11.3. The van der Waals surface area contributed by atoms with Gasteiger partial charge in [-0.1, -0.05) is 0 Å². The van der Waals surface area contributed by atoms with E-state index >= 15 is 0 Å². The zero-order valence-corrected chi connectivity index (χ0v) is 19.7. The molecule has 4 amide bonds. The van der Waals surface area contributed by atoms with Crippen LogP contribution in [0.25, 0.3) is 0 Å². The fourth-order valence-electron chi connectivity index (χ4n) is 3.43. The molecule has 1 saturated heterocycles. The molecule has 1 heterocycles. The summed E-state index contributed by atoms with van der Waals surface area (Å²) in [5.74, 6) is -6.14. The summed E-state index contributed by atoms with van der Waals surface area (Å²) in [6, 6.07) is -4.82. The Morgan fingerprint density at radius 2 is 1.56 bits per heavy atom. The Labute approximate surface area is 206 Å². The van der Waals surface area contributed by atoms with Crippen molar-refractivity contribution in [2.45, 2.75) is 69.1 Å². The highest BCUT2D eigenvalue weighted by Crippen LogP contribution is 2.07. The lowest BCUT2D eigenvalue weighted by Crippen LogP contribution is -2.57. The highest BCUT2D eigenvalue weighted by atomic mass is 16.4. The fraction of sp³-hybridized carbons (Fsp3) is 0.650. The SMILES string of the molecule is NC(=O)CC(NC(=O)C1CCCN1)C(=O)NC(CCC(=O)O)C(=O)NC(CCCN=C(N)N)C(=O)O. The number of carboxylic acids is 2. The van der Waals surface area contributed by atoms with Gasteiger partial charge in [-0.2, -0.15) is 0 Å². The Bertz CT molecular complexity index is 855. The smallest absolute Gasteiger partial charge is 0.326 e. The highest BCUT2D eigenvalue weighted by Gasteiger charge is 2.32. The van der Waals surface area contributed by atoms with Crippen molar-refractivity contribution in [3.8, 4) is 0 Å². The Morgan fingerprint density at radius 3 is 2.08 bits per heavy atom. The average molecular weight is 515 g/mol. The van der Waals surface area contributed by atoms with E-state index in [1.165, 1.54) is 0 Å². The molecule has 16 nitrogen and oxygen atoms in total. The van der Waals surface area contributed by atoms with E-state index in [0.29, 0.717) is 13.0 Å². The second-order valence-electron chi connectivity index (χ2n) is 8.22. The largest absolute Gasteiger partial charge is 0.481 e. The summed E-state index contributed by atoms with van der Waals surface area (Å²) in [7, 11) is 0. The summed E-state index contributed by atoms with van der Waals surface area (Å²) in [6.07, 6.45) is -0.0390. The summed E-state index contributed by atoms with van der Waals surface area (Å²) in [4.78, 5) is 75.8. The first-order valence-electron chi connectivity index (χ1n) is 11.3. The van der Waals surface area contributed by atoms with Gasteiger partial charge < -0.3 is 48.7 Å². The lowest BCUT2D eigenvalue weighted by atomic mass is 10.1. The number of aliphatic imine (C=N–C) groups is 1. The van der Waals surface area contributed by atoms with Gasteiger partial charge in [0.05, 0.1) is 12.5 Å². The van der Waals surface area contributed by atoms with E-state index in [1.54, 1.807) is 0 Å². The van der Waals surface area contributed by atoms with E-state index < -0.39 is 72.6 Å². The van der Waals surface area contributed by atoms with Crippen LogP contribution in [0.3, 0.4) is 0 Å². The number of hydrogen-bond donors (Lipinski definition) is 9. The minimum Gasteiger partial charge on any atom is -0.481 e. The number of hydrogen-bond acceptors (Lipinski definition) is 8. The van der Waals surface area contributed by atoms with Gasteiger partial charge in [0.1, 0.15) is 18.1 Å². The van der Waals surface area contributed by atoms with Crippen molar-refractivity contribution in [1.82, 2.24) is 21.3 Å². The Hall–Kier alpha value is -3.95. The van der Waals surface area contributed by atoms with Crippen LogP contribution >= 0.6 is 0 Å². The molecule has 0 spiro atoms. The molecule has 12 N–H and O–H groups in total. The Kier molecular flexibility index (Phi) is 12.6. The maximum absolute atomic E-state index is 12.8. The number of nitrogens with zero attached hydrogens (tertiary/aromatic N) is 1. The molecule has 0 radical (unpaired) electrons. The third-order valence-electron chi connectivity index (χ3n) is 5.25. The molecule has 0 aromatic heterocycles. The minimum atomic E-state index is -1.47. The van der Waals surface area contributed by atoms with E-state index in [-0.39, 0.29) is 31.8 Å². The van der Waals surface area contributed by atoms with Crippen LogP contribution in [0.15, 0.2) is 4.99 Å². The first-order chi connectivity index (χ1) is 16.9. The van der Waals surface area contributed by atoms with Crippen molar-refractivity contribution in [2.24, 2.45) is 22.2 Å². The summed E-state index contributed by atoms with van der Waals surface area (Å²) in [6.45, 7) is 0.727. The third kappa shape index (κ3) is 11.5. The van der Waals surface area contributed by atoms with Gasteiger partial charge in [0.25, 0.3) is 0 Å². The third-order valence-corrected chi connectivity index (χ3v) is 5.25. The zero-order chi connectivity index (χ0) is 27.3. The number of carbonyl (C=O) groups is 6. The van der Waals surface area contributed by atoms with E-state index in [9.17, 15) is 33.9 Å². The van der Waals surface area contributed by atoms with Crippen LogP contribution in [-0.4, -0.2) is 89.0 Å². The van der Waals surface area contributed by atoms with E-state index in [1.807, 2.05) is 0 Å². The molecule has 1 aliphatic rings. The number of carbonyl (C=O) groups excluding carboxylic acids is 4. The fourth-order valence-corrected chi connectivity index (χ4v) is 3.43. The van der Waals surface area contributed by atoms with Gasteiger partial charge in [0.15, 0.2) is 5.96 Å². The summed E-state index contributed by atoms with van der Waals surface area (Å²) >= 11 is 0. The number of amides is 4. The van der Waals surface area contributed by atoms with Crippen molar-refractivity contribution >= 4 is 41.5 Å². The number of primary amides is 1. The molecule has 1 fully saturated rings. The molecule has 0 aromatic carbocycles. The molecular weight excluding hydrogens is 480 g/mol. The molecule has 36 heavy (non-hydrogen) atoms. The molecule has 0 bridgehead atoms. The summed E-state index contributed by atoms with van der Waals surface area (Å²) < 4.78 is 0. The number of guanidine groups is 1. The lowest BCUT2D eigenvalue weighted by molar-refractivity contribution is -0.143. The van der Waals surface area contributed by atoms with Gasteiger partial charge >= 0.3 is 11.9 Å². The number of nitrogens with two attached hydrogens (primary N) is 3. The maximum atomic E-state index is 12.8. The molecule has 202 valence electrons. The van der Waals surface area contributed by atoms with E-state index in [2.05, 4.69) is 26.3 Å². The average Bonchev–Trinajstić information content (AvgIpc) is 3.32.